The smallest absolute Gasteiger partial charge is 0.243 e. The van der Waals surface area contributed by atoms with Crippen LogP contribution in [0.3, 0.4) is 0 Å². The minimum absolute atomic E-state index is 0.0180. The molecule has 8 heteroatoms. The molecule has 28 heavy (non-hydrogen) atoms. The molecule has 2 saturated heterocycles. The van der Waals surface area contributed by atoms with Gasteiger partial charge in [-0.1, -0.05) is 17.7 Å². The summed E-state index contributed by atoms with van der Waals surface area (Å²) in [6, 6.07) is 5.41. The lowest BCUT2D eigenvalue weighted by molar-refractivity contribution is -0.137. The first-order valence-electron chi connectivity index (χ1n) is 9.77. The number of carbonyl (C=O) groups is 2. The van der Waals surface area contributed by atoms with Crippen LogP contribution in [-0.4, -0.2) is 73.1 Å². The fourth-order valence-corrected chi connectivity index (χ4v) is 5.66. The quantitative estimate of drug-likeness (QED) is 0.756. The van der Waals surface area contributed by atoms with Gasteiger partial charge < -0.3 is 9.80 Å². The van der Waals surface area contributed by atoms with Gasteiger partial charge in [-0.3, -0.25) is 9.59 Å². The lowest BCUT2D eigenvalue weighted by atomic mass is 10.1. The van der Waals surface area contributed by atoms with Crippen LogP contribution in [0.1, 0.15) is 31.4 Å². The van der Waals surface area contributed by atoms with E-state index < -0.39 is 10.0 Å². The number of sulfonamides is 1. The van der Waals surface area contributed by atoms with E-state index in [-0.39, 0.29) is 43.3 Å². The maximum Gasteiger partial charge on any atom is 0.243 e. The van der Waals surface area contributed by atoms with Crippen molar-refractivity contribution in [2.45, 2.75) is 45.1 Å². The van der Waals surface area contributed by atoms with Crippen molar-refractivity contribution in [1.82, 2.24) is 14.1 Å². The highest BCUT2D eigenvalue weighted by molar-refractivity contribution is 7.89. The summed E-state index contributed by atoms with van der Waals surface area (Å²) < 4.78 is 27.4. The van der Waals surface area contributed by atoms with E-state index in [1.54, 1.807) is 28.9 Å². The molecule has 154 valence electrons. The number of hydrogen-bond donors (Lipinski definition) is 0. The first kappa shape index (κ1) is 20.8. The standard InChI is InChI=1S/C20H29N3O4S/c1-14(2)23-13-17(12-19(23)24)20(25)21-7-9-22(10-8-21)28(26,27)18-6-5-15(3)11-16(18)4/h5-6,11,14,17H,7-10,12-13H2,1-4H3. The predicted molar refractivity (Wildman–Crippen MR) is 106 cm³/mol. The Morgan fingerprint density at radius 2 is 1.75 bits per heavy atom. The average molecular weight is 408 g/mol. The Hall–Kier alpha value is -1.93. The average Bonchev–Trinajstić information content (AvgIpc) is 3.03. The second kappa shape index (κ2) is 7.83. The maximum atomic E-state index is 13.0. The predicted octanol–water partition coefficient (Wildman–Crippen LogP) is 1.39. The van der Waals surface area contributed by atoms with E-state index in [1.807, 2.05) is 26.8 Å². The van der Waals surface area contributed by atoms with Crippen LogP contribution in [0, 0.1) is 19.8 Å². The largest absolute Gasteiger partial charge is 0.340 e. The molecule has 1 unspecified atom stereocenters. The molecule has 2 fully saturated rings. The first-order chi connectivity index (χ1) is 13.1. The van der Waals surface area contributed by atoms with Crippen molar-refractivity contribution in [1.29, 1.82) is 0 Å². The van der Waals surface area contributed by atoms with Gasteiger partial charge in [-0.2, -0.15) is 4.31 Å². The lowest BCUT2D eigenvalue weighted by Gasteiger charge is -2.35. The molecule has 2 aliphatic heterocycles. The van der Waals surface area contributed by atoms with Crippen LogP contribution in [0.2, 0.25) is 0 Å². The number of nitrogens with zero attached hydrogens (tertiary/aromatic N) is 3. The Balaban J connectivity index is 1.64. The van der Waals surface area contributed by atoms with Gasteiger partial charge in [0, 0.05) is 45.2 Å². The highest BCUT2D eigenvalue weighted by Gasteiger charge is 2.39. The third kappa shape index (κ3) is 3.93. The number of amides is 2. The van der Waals surface area contributed by atoms with Gasteiger partial charge in [-0.15, -0.1) is 0 Å². The van der Waals surface area contributed by atoms with Crippen LogP contribution in [-0.2, 0) is 19.6 Å². The number of benzene rings is 1. The van der Waals surface area contributed by atoms with Crippen LogP contribution >= 0.6 is 0 Å². The summed E-state index contributed by atoms with van der Waals surface area (Å²) in [7, 11) is -3.57. The van der Waals surface area contributed by atoms with E-state index in [9.17, 15) is 18.0 Å². The molecule has 0 N–H and O–H groups in total. The zero-order chi connectivity index (χ0) is 20.6. The molecule has 2 amide bonds. The van der Waals surface area contributed by atoms with Gasteiger partial charge in [-0.25, -0.2) is 8.42 Å². The highest BCUT2D eigenvalue weighted by atomic mass is 32.2. The fourth-order valence-electron chi connectivity index (χ4n) is 4.03. The first-order valence-corrected chi connectivity index (χ1v) is 11.2. The van der Waals surface area contributed by atoms with E-state index in [0.717, 1.165) is 11.1 Å². The van der Waals surface area contributed by atoms with Crippen LogP contribution in [0.15, 0.2) is 23.1 Å². The summed E-state index contributed by atoms with van der Waals surface area (Å²) in [5.41, 5.74) is 1.75. The molecular weight excluding hydrogens is 378 g/mol. The zero-order valence-corrected chi connectivity index (χ0v) is 17.8. The molecule has 0 spiro atoms. The molecule has 3 rings (SSSR count). The second-order valence-electron chi connectivity index (χ2n) is 8.04. The van der Waals surface area contributed by atoms with Gasteiger partial charge in [-0.05, 0) is 39.3 Å². The van der Waals surface area contributed by atoms with Crippen molar-refractivity contribution >= 4 is 21.8 Å². The summed E-state index contributed by atoms with van der Waals surface area (Å²) in [5, 5.41) is 0. The van der Waals surface area contributed by atoms with Gasteiger partial charge in [0.1, 0.15) is 0 Å². The SMILES string of the molecule is Cc1ccc(S(=O)(=O)N2CCN(C(=O)C3CC(=O)N(C(C)C)C3)CC2)c(C)c1. The Morgan fingerprint density at radius 1 is 1.11 bits per heavy atom. The summed E-state index contributed by atoms with van der Waals surface area (Å²) in [4.78, 5) is 28.7. The molecule has 0 aliphatic carbocycles. The Morgan fingerprint density at radius 3 is 2.29 bits per heavy atom. The monoisotopic (exact) mass is 407 g/mol. The Labute approximate surface area is 167 Å². The number of aryl methyl sites for hydroxylation is 2. The van der Waals surface area contributed by atoms with E-state index in [1.165, 1.54) is 4.31 Å². The second-order valence-corrected chi connectivity index (χ2v) is 9.95. The number of rotatable bonds is 4. The lowest BCUT2D eigenvalue weighted by Crippen LogP contribution is -2.52. The van der Waals surface area contributed by atoms with Crippen LogP contribution in [0.25, 0.3) is 0 Å². The van der Waals surface area contributed by atoms with Gasteiger partial charge in [0.15, 0.2) is 0 Å². The molecule has 0 saturated carbocycles. The van der Waals surface area contributed by atoms with E-state index >= 15 is 0 Å². The Kier molecular flexibility index (Phi) is 5.82. The summed E-state index contributed by atoms with van der Waals surface area (Å²) in [6.07, 6.45) is 0.248. The number of carbonyl (C=O) groups excluding carboxylic acids is 2. The van der Waals surface area contributed by atoms with Crippen LogP contribution in [0.5, 0.6) is 0 Å². The molecule has 0 radical (unpaired) electrons. The fraction of sp³-hybridized carbons (Fsp3) is 0.600. The zero-order valence-electron chi connectivity index (χ0n) is 17.0. The number of hydrogen-bond acceptors (Lipinski definition) is 4. The molecule has 1 aromatic carbocycles. The normalized spacial score (nSPS) is 21.6. The number of likely N-dealkylation sites (tertiary alicyclic amines) is 1. The molecule has 1 atom stereocenters. The minimum Gasteiger partial charge on any atom is -0.340 e. The molecule has 0 aromatic heterocycles. The Bertz CT molecular complexity index is 873. The van der Waals surface area contributed by atoms with Crippen molar-refractivity contribution in [3.05, 3.63) is 29.3 Å². The molecule has 2 heterocycles. The van der Waals surface area contributed by atoms with Crippen molar-refractivity contribution in [2.75, 3.05) is 32.7 Å². The molecule has 0 bridgehead atoms. The summed E-state index contributed by atoms with van der Waals surface area (Å²) in [6.45, 7) is 9.34. The molecule has 7 nitrogen and oxygen atoms in total. The van der Waals surface area contributed by atoms with Crippen molar-refractivity contribution in [2.24, 2.45) is 5.92 Å². The van der Waals surface area contributed by atoms with Crippen LogP contribution < -0.4 is 0 Å². The third-order valence-corrected chi connectivity index (χ3v) is 7.69. The number of piperazine rings is 1. The van der Waals surface area contributed by atoms with E-state index in [0.29, 0.717) is 24.5 Å². The van der Waals surface area contributed by atoms with Gasteiger partial charge in [0.25, 0.3) is 0 Å². The van der Waals surface area contributed by atoms with E-state index in [2.05, 4.69) is 0 Å². The van der Waals surface area contributed by atoms with Gasteiger partial charge >= 0.3 is 0 Å². The molecule has 1 aromatic rings. The van der Waals surface area contributed by atoms with Crippen molar-refractivity contribution < 1.29 is 18.0 Å². The van der Waals surface area contributed by atoms with E-state index in [4.69, 9.17) is 0 Å². The topological polar surface area (TPSA) is 78.0 Å². The molecule has 2 aliphatic rings. The van der Waals surface area contributed by atoms with Crippen molar-refractivity contribution in [3.63, 3.8) is 0 Å². The molecular formula is C20H29N3O4S. The minimum atomic E-state index is -3.57. The van der Waals surface area contributed by atoms with Crippen molar-refractivity contribution in [3.8, 4) is 0 Å². The summed E-state index contributed by atoms with van der Waals surface area (Å²) in [5.74, 6) is -0.345. The maximum absolute atomic E-state index is 13.0. The van der Waals surface area contributed by atoms with Gasteiger partial charge in [0.05, 0.1) is 10.8 Å². The van der Waals surface area contributed by atoms with Crippen LogP contribution in [0.4, 0.5) is 0 Å². The highest BCUT2D eigenvalue weighted by Crippen LogP contribution is 2.25. The van der Waals surface area contributed by atoms with Gasteiger partial charge in [0.2, 0.25) is 21.8 Å². The third-order valence-electron chi connectivity index (χ3n) is 5.63. The summed E-state index contributed by atoms with van der Waals surface area (Å²) >= 11 is 0.